The highest BCUT2D eigenvalue weighted by molar-refractivity contribution is 9.10. The topological polar surface area (TPSA) is 35.5 Å². The van der Waals surface area contributed by atoms with Crippen LogP contribution in [0, 0.1) is 0 Å². The first kappa shape index (κ1) is 11.9. The van der Waals surface area contributed by atoms with E-state index in [1.165, 1.54) is 5.69 Å². The molecule has 2 N–H and O–H groups in total. The number of nitrogens with one attached hydrogen (secondary N) is 1. The highest BCUT2D eigenvalue weighted by atomic mass is 79.9. The van der Waals surface area contributed by atoms with Gasteiger partial charge in [0.1, 0.15) is 0 Å². The van der Waals surface area contributed by atoms with Crippen molar-refractivity contribution in [3.63, 3.8) is 0 Å². The van der Waals surface area contributed by atoms with E-state index in [4.69, 9.17) is 5.11 Å². The van der Waals surface area contributed by atoms with Gasteiger partial charge in [0.25, 0.3) is 0 Å². The number of halogens is 1. The number of anilines is 1. The zero-order valence-electron chi connectivity index (χ0n) is 9.19. The molecular formula is C12H17BrN2O. The third-order valence-electron chi connectivity index (χ3n) is 2.95. The Morgan fingerprint density at radius 2 is 2.38 bits per heavy atom. The Morgan fingerprint density at radius 3 is 3.12 bits per heavy atom. The quantitative estimate of drug-likeness (QED) is 0.885. The molecule has 16 heavy (non-hydrogen) atoms. The molecule has 1 atom stereocenters. The van der Waals surface area contributed by atoms with Gasteiger partial charge in [-0.3, -0.25) is 0 Å². The SMILES string of the molecule is OCCC1CNCCN1c1cccc(Br)c1. The van der Waals surface area contributed by atoms with Gasteiger partial charge in [0.05, 0.1) is 0 Å². The fourth-order valence-electron chi connectivity index (χ4n) is 2.16. The molecule has 4 heteroatoms. The lowest BCUT2D eigenvalue weighted by atomic mass is 10.1. The Morgan fingerprint density at radius 1 is 1.50 bits per heavy atom. The van der Waals surface area contributed by atoms with Crippen LogP contribution in [0.2, 0.25) is 0 Å². The average molecular weight is 285 g/mol. The van der Waals surface area contributed by atoms with E-state index in [0.717, 1.165) is 30.5 Å². The molecule has 2 rings (SSSR count). The van der Waals surface area contributed by atoms with Crippen molar-refractivity contribution in [1.29, 1.82) is 0 Å². The van der Waals surface area contributed by atoms with E-state index in [0.29, 0.717) is 6.04 Å². The first-order chi connectivity index (χ1) is 7.81. The van der Waals surface area contributed by atoms with Crippen molar-refractivity contribution in [2.75, 3.05) is 31.1 Å². The molecule has 1 unspecified atom stereocenters. The Kier molecular flexibility index (Phi) is 4.21. The maximum absolute atomic E-state index is 9.07. The third kappa shape index (κ3) is 2.75. The molecule has 1 aliphatic heterocycles. The number of aliphatic hydroxyl groups excluding tert-OH is 1. The second kappa shape index (κ2) is 5.66. The molecule has 1 aliphatic rings. The van der Waals surface area contributed by atoms with Crippen LogP contribution in [-0.4, -0.2) is 37.4 Å². The first-order valence-corrected chi connectivity index (χ1v) is 6.44. The lowest BCUT2D eigenvalue weighted by Crippen LogP contribution is -2.51. The fourth-order valence-corrected chi connectivity index (χ4v) is 2.55. The van der Waals surface area contributed by atoms with E-state index in [1.807, 2.05) is 6.07 Å². The standard InChI is InChI=1S/C12H17BrN2O/c13-10-2-1-3-11(8-10)15-6-5-14-9-12(15)4-7-16/h1-3,8,12,14,16H,4-7,9H2. The monoisotopic (exact) mass is 284 g/mol. The van der Waals surface area contributed by atoms with E-state index < -0.39 is 0 Å². The highest BCUT2D eigenvalue weighted by Gasteiger charge is 2.21. The lowest BCUT2D eigenvalue weighted by molar-refractivity contribution is 0.266. The maximum atomic E-state index is 9.07. The second-order valence-electron chi connectivity index (χ2n) is 4.04. The van der Waals surface area contributed by atoms with Gasteiger partial charge in [0, 0.05) is 42.4 Å². The summed E-state index contributed by atoms with van der Waals surface area (Å²) in [6.07, 6.45) is 0.819. The molecule has 1 heterocycles. The van der Waals surface area contributed by atoms with Gasteiger partial charge in [-0.2, -0.15) is 0 Å². The minimum absolute atomic E-state index is 0.247. The van der Waals surface area contributed by atoms with Crippen LogP contribution in [0.15, 0.2) is 28.7 Å². The van der Waals surface area contributed by atoms with Crippen LogP contribution in [-0.2, 0) is 0 Å². The van der Waals surface area contributed by atoms with Crippen LogP contribution < -0.4 is 10.2 Å². The molecule has 0 aliphatic carbocycles. The number of aliphatic hydroxyl groups is 1. The minimum Gasteiger partial charge on any atom is -0.396 e. The molecule has 0 saturated carbocycles. The summed E-state index contributed by atoms with van der Waals surface area (Å²) in [6, 6.07) is 8.74. The summed E-state index contributed by atoms with van der Waals surface area (Å²) in [7, 11) is 0. The zero-order valence-corrected chi connectivity index (χ0v) is 10.8. The van der Waals surface area contributed by atoms with Crippen LogP contribution >= 0.6 is 15.9 Å². The van der Waals surface area contributed by atoms with E-state index in [2.05, 4.69) is 44.3 Å². The van der Waals surface area contributed by atoms with Gasteiger partial charge in [-0.15, -0.1) is 0 Å². The smallest absolute Gasteiger partial charge is 0.0451 e. The summed E-state index contributed by atoms with van der Waals surface area (Å²) in [5, 5.41) is 12.4. The average Bonchev–Trinajstić information content (AvgIpc) is 2.30. The normalized spacial score (nSPS) is 21.1. The molecule has 1 aromatic rings. The van der Waals surface area contributed by atoms with Gasteiger partial charge in [-0.1, -0.05) is 22.0 Å². The van der Waals surface area contributed by atoms with Gasteiger partial charge >= 0.3 is 0 Å². The van der Waals surface area contributed by atoms with E-state index in [-0.39, 0.29) is 6.61 Å². The van der Waals surface area contributed by atoms with Crippen molar-refractivity contribution in [2.24, 2.45) is 0 Å². The molecule has 0 aromatic heterocycles. The van der Waals surface area contributed by atoms with Crippen LogP contribution in [0.5, 0.6) is 0 Å². The fraction of sp³-hybridized carbons (Fsp3) is 0.500. The summed E-state index contributed by atoms with van der Waals surface area (Å²) >= 11 is 3.50. The molecular weight excluding hydrogens is 268 g/mol. The number of nitrogens with zero attached hydrogens (tertiary/aromatic N) is 1. The first-order valence-electron chi connectivity index (χ1n) is 5.65. The van der Waals surface area contributed by atoms with Crippen LogP contribution in [0.3, 0.4) is 0 Å². The summed E-state index contributed by atoms with van der Waals surface area (Å²) in [5.74, 6) is 0. The molecule has 0 radical (unpaired) electrons. The summed E-state index contributed by atoms with van der Waals surface area (Å²) in [4.78, 5) is 2.37. The molecule has 1 fully saturated rings. The zero-order chi connectivity index (χ0) is 11.4. The third-order valence-corrected chi connectivity index (χ3v) is 3.45. The second-order valence-corrected chi connectivity index (χ2v) is 4.96. The number of hydrogen-bond acceptors (Lipinski definition) is 3. The van der Waals surface area contributed by atoms with E-state index >= 15 is 0 Å². The molecule has 0 spiro atoms. The van der Waals surface area contributed by atoms with Gasteiger partial charge in [-0.25, -0.2) is 0 Å². The molecule has 3 nitrogen and oxygen atoms in total. The largest absolute Gasteiger partial charge is 0.396 e. The number of hydrogen-bond donors (Lipinski definition) is 2. The van der Waals surface area contributed by atoms with Crippen molar-refractivity contribution in [3.05, 3.63) is 28.7 Å². The van der Waals surface area contributed by atoms with Crippen LogP contribution in [0.4, 0.5) is 5.69 Å². The lowest BCUT2D eigenvalue weighted by Gasteiger charge is -2.38. The number of rotatable bonds is 3. The van der Waals surface area contributed by atoms with Gasteiger partial charge in [-0.05, 0) is 24.6 Å². The van der Waals surface area contributed by atoms with E-state index in [1.54, 1.807) is 0 Å². The molecule has 0 amide bonds. The molecule has 0 bridgehead atoms. The Bertz CT molecular complexity index is 344. The van der Waals surface area contributed by atoms with Gasteiger partial charge < -0.3 is 15.3 Å². The number of piperazine rings is 1. The predicted molar refractivity (Wildman–Crippen MR) is 69.8 cm³/mol. The Labute approximate surface area is 105 Å². The highest BCUT2D eigenvalue weighted by Crippen LogP contribution is 2.23. The van der Waals surface area contributed by atoms with Crippen molar-refractivity contribution in [3.8, 4) is 0 Å². The van der Waals surface area contributed by atoms with E-state index in [9.17, 15) is 0 Å². The Hall–Kier alpha value is -0.580. The molecule has 1 aromatic carbocycles. The van der Waals surface area contributed by atoms with Gasteiger partial charge in [0.2, 0.25) is 0 Å². The van der Waals surface area contributed by atoms with Crippen molar-refractivity contribution in [2.45, 2.75) is 12.5 Å². The van der Waals surface area contributed by atoms with Crippen LogP contribution in [0.25, 0.3) is 0 Å². The summed E-state index contributed by atoms with van der Waals surface area (Å²) < 4.78 is 1.10. The summed E-state index contributed by atoms with van der Waals surface area (Å²) in [6.45, 7) is 3.21. The number of benzene rings is 1. The predicted octanol–water partition coefficient (Wildman–Crippen LogP) is 1.61. The van der Waals surface area contributed by atoms with Crippen molar-refractivity contribution >= 4 is 21.6 Å². The Balaban J connectivity index is 2.16. The minimum atomic E-state index is 0.247. The van der Waals surface area contributed by atoms with Crippen LogP contribution in [0.1, 0.15) is 6.42 Å². The summed E-state index contributed by atoms with van der Waals surface area (Å²) in [5.41, 5.74) is 1.23. The van der Waals surface area contributed by atoms with Crippen molar-refractivity contribution < 1.29 is 5.11 Å². The molecule has 1 saturated heterocycles. The molecule has 88 valence electrons. The van der Waals surface area contributed by atoms with Crippen molar-refractivity contribution in [1.82, 2.24) is 5.32 Å². The van der Waals surface area contributed by atoms with Gasteiger partial charge in [0.15, 0.2) is 0 Å². The maximum Gasteiger partial charge on any atom is 0.0451 e.